The lowest BCUT2D eigenvalue weighted by Gasteiger charge is -2.07. The molecule has 1 aromatic heterocycles. The van der Waals surface area contributed by atoms with Crippen LogP contribution in [0.2, 0.25) is 0 Å². The lowest BCUT2D eigenvalue weighted by Crippen LogP contribution is -2.10. The van der Waals surface area contributed by atoms with Gasteiger partial charge in [0.2, 0.25) is 0 Å². The number of esters is 1. The Morgan fingerprint density at radius 2 is 2.31 bits per heavy atom. The van der Waals surface area contributed by atoms with Crippen molar-refractivity contribution in [1.29, 1.82) is 0 Å². The Labute approximate surface area is 99.2 Å². The van der Waals surface area contributed by atoms with Crippen LogP contribution in [-0.4, -0.2) is 24.0 Å². The topological polar surface area (TPSA) is 77.2 Å². The second kappa shape index (κ2) is 5.69. The Hall–Kier alpha value is -1.30. The first-order valence-electron chi connectivity index (χ1n) is 5.13. The van der Waals surface area contributed by atoms with Crippen molar-refractivity contribution in [2.75, 3.05) is 24.7 Å². The molecule has 0 saturated heterocycles. The van der Waals surface area contributed by atoms with Gasteiger partial charge in [-0.25, -0.2) is 4.79 Å². The molecule has 0 atom stereocenters. The quantitative estimate of drug-likeness (QED) is 0.773. The Morgan fingerprint density at radius 3 is 2.88 bits per heavy atom. The third kappa shape index (κ3) is 3.10. The average Bonchev–Trinajstić information content (AvgIpc) is 2.58. The molecule has 0 bridgehead atoms. The molecular formula is C10H17N3O2S. The molecule has 1 rings (SSSR count). The highest BCUT2D eigenvalue weighted by Crippen LogP contribution is 2.27. The fourth-order valence-corrected chi connectivity index (χ4v) is 1.92. The van der Waals surface area contributed by atoms with Gasteiger partial charge in [0.25, 0.3) is 0 Å². The molecule has 0 radical (unpaired) electrons. The number of rotatable bonds is 5. The summed E-state index contributed by atoms with van der Waals surface area (Å²) in [7, 11) is 1.33. The zero-order valence-electron chi connectivity index (χ0n) is 9.74. The van der Waals surface area contributed by atoms with Crippen LogP contribution in [-0.2, 0) is 4.74 Å². The number of hydrogen-bond donors (Lipinski definition) is 2. The number of methoxy groups -OCH3 is 1. The van der Waals surface area contributed by atoms with Gasteiger partial charge in [-0.1, -0.05) is 13.8 Å². The smallest absolute Gasteiger partial charge is 0.344 e. The predicted octanol–water partition coefficient (Wildman–Crippen LogP) is 1.97. The largest absolute Gasteiger partial charge is 0.465 e. The molecule has 0 fully saturated rings. The number of carbonyl (C=O) groups is 1. The van der Waals surface area contributed by atoms with Gasteiger partial charge in [-0.2, -0.15) is 4.37 Å². The number of ether oxygens (including phenoxy) is 1. The third-order valence-corrected chi connectivity index (χ3v) is 2.93. The first-order chi connectivity index (χ1) is 7.56. The maximum atomic E-state index is 11.4. The molecule has 1 heterocycles. The molecular weight excluding hydrogens is 226 g/mol. The normalized spacial score (nSPS) is 10.5. The summed E-state index contributed by atoms with van der Waals surface area (Å²) in [5, 5.41) is 3.84. The highest BCUT2D eigenvalue weighted by atomic mass is 32.1. The Bertz CT molecular complexity index is 363. The van der Waals surface area contributed by atoms with Crippen molar-refractivity contribution in [3.05, 3.63) is 5.56 Å². The maximum absolute atomic E-state index is 11.4. The van der Waals surface area contributed by atoms with Gasteiger partial charge in [0.05, 0.1) is 7.11 Å². The molecule has 1 aromatic rings. The monoisotopic (exact) mass is 243 g/mol. The van der Waals surface area contributed by atoms with E-state index in [0.717, 1.165) is 13.0 Å². The molecule has 3 N–H and O–H groups in total. The summed E-state index contributed by atoms with van der Waals surface area (Å²) in [5.74, 6) is 0.390. The van der Waals surface area contributed by atoms with Gasteiger partial charge < -0.3 is 15.8 Å². The van der Waals surface area contributed by atoms with Crippen LogP contribution in [0.1, 0.15) is 30.6 Å². The van der Waals surface area contributed by atoms with Crippen molar-refractivity contribution < 1.29 is 9.53 Å². The molecule has 0 unspecified atom stereocenters. The lowest BCUT2D eigenvalue weighted by atomic mass is 10.1. The number of carbonyl (C=O) groups excluding carboxylic acids is 1. The minimum atomic E-state index is -0.446. The van der Waals surface area contributed by atoms with Gasteiger partial charge >= 0.3 is 5.97 Å². The van der Waals surface area contributed by atoms with Gasteiger partial charge in [-0.15, -0.1) is 0 Å². The summed E-state index contributed by atoms with van der Waals surface area (Å²) in [4.78, 5) is 11.4. The van der Waals surface area contributed by atoms with Crippen LogP contribution in [0.25, 0.3) is 0 Å². The van der Waals surface area contributed by atoms with Gasteiger partial charge in [0, 0.05) is 6.54 Å². The Kier molecular flexibility index (Phi) is 4.54. The average molecular weight is 243 g/mol. The molecule has 0 aliphatic heterocycles. The summed E-state index contributed by atoms with van der Waals surface area (Å²) in [5.41, 5.74) is 5.95. The van der Waals surface area contributed by atoms with Crippen LogP contribution in [0.4, 0.5) is 10.8 Å². The zero-order valence-corrected chi connectivity index (χ0v) is 10.6. The summed E-state index contributed by atoms with van der Waals surface area (Å²) in [6.45, 7) is 5.08. The van der Waals surface area contributed by atoms with Crippen molar-refractivity contribution in [2.24, 2.45) is 5.92 Å². The van der Waals surface area contributed by atoms with Crippen LogP contribution in [0.5, 0.6) is 0 Å². The van der Waals surface area contributed by atoms with E-state index in [1.54, 1.807) is 0 Å². The predicted molar refractivity (Wildman–Crippen MR) is 65.8 cm³/mol. The highest BCUT2D eigenvalue weighted by molar-refractivity contribution is 7.11. The molecule has 0 aliphatic carbocycles. The number of hydrogen-bond acceptors (Lipinski definition) is 6. The van der Waals surface area contributed by atoms with Gasteiger partial charge in [-0.05, 0) is 23.9 Å². The van der Waals surface area contributed by atoms with Crippen LogP contribution >= 0.6 is 11.5 Å². The molecule has 5 nitrogen and oxygen atoms in total. The first-order valence-corrected chi connectivity index (χ1v) is 5.91. The number of nitrogen functional groups attached to an aromatic ring is 1. The van der Waals surface area contributed by atoms with Gasteiger partial charge in [0.15, 0.2) is 5.82 Å². The number of nitrogens with two attached hydrogens (primary N) is 1. The number of nitrogens with one attached hydrogen (secondary N) is 1. The zero-order chi connectivity index (χ0) is 12.1. The lowest BCUT2D eigenvalue weighted by molar-refractivity contribution is 0.0603. The molecule has 16 heavy (non-hydrogen) atoms. The first kappa shape index (κ1) is 12.8. The summed E-state index contributed by atoms with van der Waals surface area (Å²) in [6, 6.07) is 0. The van der Waals surface area contributed by atoms with Crippen LogP contribution in [0.15, 0.2) is 0 Å². The molecule has 0 aromatic carbocycles. The SMILES string of the molecule is COC(=O)c1c(N)nsc1NCCC(C)C. The van der Waals surface area contributed by atoms with E-state index in [-0.39, 0.29) is 5.82 Å². The van der Waals surface area contributed by atoms with E-state index in [9.17, 15) is 4.79 Å². The van der Waals surface area contributed by atoms with E-state index in [0.29, 0.717) is 16.5 Å². The van der Waals surface area contributed by atoms with E-state index in [2.05, 4.69) is 28.3 Å². The Balaban J connectivity index is 2.69. The fraction of sp³-hybridized carbons (Fsp3) is 0.600. The number of aromatic nitrogens is 1. The minimum Gasteiger partial charge on any atom is -0.465 e. The summed E-state index contributed by atoms with van der Waals surface area (Å²) < 4.78 is 8.59. The van der Waals surface area contributed by atoms with Crippen LogP contribution < -0.4 is 11.1 Å². The minimum absolute atomic E-state index is 0.226. The molecule has 0 saturated carbocycles. The second-order valence-corrected chi connectivity index (χ2v) is 4.65. The highest BCUT2D eigenvalue weighted by Gasteiger charge is 2.19. The number of nitrogens with zero attached hydrogens (tertiary/aromatic N) is 1. The van der Waals surface area contributed by atoms with E-state index in [1.807, 2.05) is 0 Å². The number of anilines is 2. The maximum Gasteiger partial charge on any atom is 0.344 e. The van der Waals surface area contributed by atoms with E-state index in [1.165, 1.54) is 18.6 Å². The van der Waals surface area contributed by atoms with E-state index in [4.69, 9.17) is 5.73 Å². The standard InChI is InChI=1S/C10H17N3O2S/c1-6(2)4-5-12-9-7(10(14)15-3)8(11)13-16-9/h6,12H,4-5H2,1-3H3,(H2,11,13). The molecule has 0 amide bonds. The fourth-order valence-electron chi connectivity index (χ4n) is 1.20. The van der Waals surface area contributed by atoms with Crippen molar-refractivity contribution in [2.45, 2.75) is 20.3 Å². The molecule has 6 heteroatoms. The molecule has 0 aliphatic rings. The third-order valence-electron chi connectivity index (χ3n) is 2.12. The second-order valence-electron chi connectivity index (χ2n) is 3.87. The van der Waals surface area contributed by atoms with Crippen molar-refractivity contribution >= 4 is 28.3 Å². The Morgan fingerprint density at radius 1 is 1.62 bits per heavy atom. The van der Waals surface area contributed by atoms with Crippen molar-refractivity contribution in [3.63, 3.8) is 0 Å². The van der Waals surface area contributed by atoms with E-state index >= 15 is 0 Å². The molecule has 0 spiro atoms. The molecule has 90 valence electrons. The van der Waals surface area contributed by atoms with Crippen molar-refractivity contribution in [1.82, 2.24) is 4.37 Å². The van der Waals surface area contributed by atoms with Crippen molar-refractivity contribution in [3.8, 4) is 0 Å². The summed E-state index contributed by atoms with van der Waals surface area (Å²) >= 11 is 1.18. The van der Waals surface area contributed by atoms with Crippen LogP contribution in [0, 0.1) is 5.92 Å². The van der Waals surface area contributed by atoms with Crippen LogP contribution in [0.3, 0.4) is 0 Å². The van der Waals surface area contributed by atoms with Gasteiger partial charge in [0.1, 0.15) is 10.6 Å². The van der Waals surface area contributed by atoms with Gasteiger partial charge in [-0.3, -0.25) is 0 Å². The summed E-state index contributed by atoms with van der Waals surface area (Å²) in [6.07, 6.45) is 1.03. The van der Waals surface area contributed by atoms with E-state index < -0.39 is 5.97 Å².